The third kappa shape index (κ3) is 3.85. The number of rotatable bonds is 4. The minimum Gasteiger partial charge on any atom is -0.338 e. The molecule has 1 aliphatic heterocycles. The lowest BCUT2D eigenvalue weighted by Gasteiger charge is -2.29. The highest BCUT2D eigenvalue weighted by molar-refractivity contribution is 7.92. The standard InChI is InChI=1S/C24H22N4O3S/c1-32(30,31)28-13-5-7-16-14-18(11-12-22(16)28)24(29)25-19-8-4-6-17(15-19)23-26-20-9-2-3-10-21(20)27-23/h2-4,6,8-12,14-15H,5,7,13H2,1H3,(H,25,29)(H,26,27). The topological polar surface area (TPSA) is 95.2 Å². The van der Waals surface area contributed by atoms with Crippen LogP contribution in [0.5, 0.6) is 0 Å². The molecule has 0 spiro atoms. The van der Waals surface area contributed by atoms with Crippen molar-refractivity contribution in [2.45, 2.75) is 12.8 Å². The molecule has 0 saturated heterocycles. The van der Waals surface area contributed by atoms with E-state index in [1.165, 1.54) is 10.6 Å². The minimum atomic E-state index is -3.34. The van der Waals surface area contributed by atoms with Gasteiger partial charge in [-0.05, 0) is 60.9 Å². The first kappa shape index (κ1) is 20.3. The highest BCUT2D eigenvalue weighted by atomic mass is 32.2. The molecule has 162 valence electrons. The van der Waals surface area contributed by atoms with E-state index in [9.17, 15) is 13.2 Å². The molecule has 32 heavy (non-hydrogen) atoms. The van der Waals surface area contributed by atoms with Gasteiger partial charge in [0, 0.05) is 23.4 Å². The van der Waals surface area contributed by atoms with Gasteiger partial charge in [0.1, 0.15) is 5.82 Å². The maximum Gasteiger partial charge on any atom is 0.255 e. The lowest BCUT2D eigenvalue weighted by molar-refractivity contribution is 0.102. The number of H-pyrrole nitrogens is 1. The number of hydrogen-bond acceptors (Lipinski definition) is 4. The Kier molecular flexibility index (Phi) is 4.94. The molecule has 4 aromatic rings. The van der Waals surface area contributed by atoms with Crippen LogP contribution in [0.25, 0.3) is 22.4 Å². The number of aromatic nitrogens is 2. The molecule has 0 atom stereocenters. The van der Waals surface area contributed by atoms with Crippen molar-refractivity contribution in [3.63, 3.8) is 0 Å². The number of nitrogens with zero attached hydrogens (tertiary/aromatic N) is 2. The molecular formula is C24H22N4O3S. The van der Waals surface area contributed by atoms with Crippen LogP contribution in [0.2, 0.25) is 0 Å². The van der Waals surface area contributed by atoms with Crippen LogP contribution in [0.3, 0.4) is 0 Å². The average molecular weight is 447 g/mol. The van der Waals surface area contributed by atoms with Crippen molar-refractivity contribution >= 4 is 38.3 Å². The summed E-state index contributed by atoms with van der Waals surface area (Å²) in [7, 11) is -3.34. The zero-order valence-corrected chi connectivity index (χ0v) is 18.3. The van der Waals surface area contributed by atoms with E-state index in [1.54, 1.807) is 18.2 Å². The van der Waals surface area contributed by atoms with E-state index >= 15 is 0 Å². The predicted molar refractivity (Wildman–Crippen MR) is 126 cm³/mol. The molecule has 8 heteroatoms. The number of sulfonamides is 1. The summed E-state index contributed by atoms with van der Waals surface area (Å²) in [5.41, 5.74) is 5.38. The summed E-state index contributed by atoms with van der Waals surface area (Å²) >= 11 is 0. The molecule has 1 aliphatic rings. The molecule has 5 rings (SSSR count). The zero-order chi connectivity index (χ0) is 22.3. The molecule has 0 aliphatic carbocycles. The summed E-state index contributed by atoms with van der Waals surface area (Å²) in [6.45, 7) is 0.464. The Balaban J connectivity index is 1.39. The molecule has 0 bridgehead atoms. The Bertz CT molecular complexity index is 1410. The van der Waals surface area contributed by atoms with Crippen molar-refractivity contribution in [1.29, 1.82) is 0 Å². The van der Waals surface area contributed by atoms with Crippen molar-refractivity contribution < 1.29 is 13.2 Å². The van der Waals surface area contributed by atoms with E-state index in [-0.39, 0.29) is 5.91 Å². The Morgan fingerprint density at radius 2 is 1.91 bits per heavy atom. The van der Waals surface area contributed by atoms with Gasteiger partial charge in [0.2, 0.25) is 10.0 Å². The normalized spacial score (nSPS) is 13.7. The third-order valence-corrected chi connectivity index (χ3v) is 6.78. The molecule has 3 aromatic carbocycles. The summed E-state index contributed by atoms with van der Waals surface area (Å²) in [5.74, 6) is 0.489. The van der Waals surface area contributed by atoms with Crippen LogP contribution >= 0.6 is 0 Å². The Morgan fingerprint density at radius 1 is 1.06 bits per heavy atom. The fourth-order valence-electron chi connectivity index (χ4n) is 4.09. The Labute approximate surface area is 186 Å². The summed E-state index contributed by atoms with van der Waals surface area (Å²) in [5, 5.41) is 2.94. The molecule has 1 amide bonds. The first-order valence-electron chi connectivity index (χ1n) is 10.4. The molecule has 0 radical (unpaired) electrons. The number of aryl methyl sites for hydroxylation is 1. The van der Waals surface area contributed by atoms with Gasteiger partial charge in [-0.2, -0.15) is 0 Å². The number of aromatic amines is 1. The summed E-state index contributed by atoms with van der Waals surface area (Å²) in [4.78, 5) is 20.8. The van der Waals surface area contributed by atoms with Crippen LogP contribution in [0.15, 0.2) is 66.7 Å². The number of nitrogens with one attached hydrogen (secondary N) is 2. The van der Waals surface area contributed by atoms with Gasteiger partial charge in [-0.15, -0.1) is 0 Å². The first-order chi connectivity index (χ1) is 15.4. The maximum absolute atomic E-state index is 12.9. The second-order valence-corrected chi connectivity index (χ2v) is 9.83. The quantitative estimate of drug-likeness (QED) is 0.491. The second-order valence-electron chi connectivity index (χ2n) is 7.92. The number of hydrogen-bond donors (Lipinski definition) is 2. The first-order valence-corrected chi connectivity index (χ1v) is 12.2. The van der Waals surface area contributed by atoms with Crippen LogP contribution < -0.4 is 9.62 Å². The minimum absolute atomic E-state index is 0.244. The van der Waals surface area contributed by atoms with Gasteiger partial charge in [0.05, 0.1) is 23.0 Å². The van der Waals surface area contributed by atoms with E-state index in [1.807, 2.05) is 48.5 Å². The number of amides is 1. The molecular weight excluding hydrogens is 424 g/mol. The Hall–Kier alpha value is -3.65. The highest BCUT2D eigenvalue weighted by Crippen LogP contribution is 2.30. The van der Waals surface area contributed by atoms with Crippen molar-refractivity contribution in [2.24, 2.45) is 0 Å². The molecule has 0 fully saturated rings. The molecule has 0 saturated carbocycles. The van der Waals surface area contributed by atoms with Crippen molar-refractivity contribution in [1.82, 2.24) is 9.97 Å². The summed E-state index contributed by atoms with van der Waals surface area (Å²) in [6, 6.07) is 20.5. The molecule has 2 heterocycles. The van der Waals surface area contributed by atoms with Crippen LogP contribution in [0, 0.1) is 0 Å². The Morgan fingerprint density at radius 3 is 2.72 bits per heavy atom. The molecule has 7 nitrogen and oxygen atoms in total. The number of carbonyl (C=O) groups is 1. The lowest BCUT2D eigenvalue weighted by atomic mass is 10.0. The van der Waals surface area contributed by atoms with Crippen LogP contribution in [0.1, 0.15) is 22.3 Å². The van der Waals surface area contributed by atoms with Crippen molar-refractivity contribution in [3.8, 4) is 11.4 Å². The zero-order valence-electron chi connectivity index (χ0n) is 17.5. The average Bonchev–Trinajstić information content (AvgIpc) is 3.22. The smallest absolute Gasteiger partial charge is 0.255 e. The predicted octanol–water partition coefficient (Wildman–Crippen LogP) is 4.19. The SMILES string of the molecule is CS(=O)(=O)N1CCCc2cc(C(=O)Nc3cccc(-c4nc5ccccc5[nH]4)c3)ccc21. The summed E-state index contributed by atoms with van der Waals surface area (Å²) < 4.78 is 25.5. The van der Waals surface area contributed by atoms with Gasteiger partial charge in [0.15, 0.2) is 0 Å². The highest BCUT2D eigenvalue weighted by Gasteiger charge is 2.24. The number of para-hydroxylation sites is 2. The van der Waals surface area contributed by atoms with Crippen molar-refractivity contribution in [2.75, 3.05) is 22.4 Å². The van der Waals surface area contributed by atoms with E-state index in [2.05, 4.69) is 15.3 Å². The summed E-state index contributed by atoms with van der Waals surface area (Å²) in [6.07, 6.45) is 2.67. The van der Waals surface area contributed by atoms with Gasteiger partial charge in [0.25, 0.3) is 5.91 Å². The van der Waals surface area contributed by atoms with E-state index in [0.29, 0.717) is 23.5 Å². The molecule has 2 N–H and O–H groups in total. The van der Waals surface area contributed by atoms with Gasteiger partial charge in [-0.1, -0.05) is 24.3 Å². The van der Waals surface area contributed by atoms with Gasteiger partial charge >= 0.3 is 0 Å². The van der Waals surface area contributed by atoms with E-state index < -0.39 is 10.0 Å². The van der Waals surface area contributed by atoms with Gasteiger partial charge in [-0.3, -0.25) is 9.10 Å². The van der Waals surface area contributed by atoms with Gasteiger partial charge < -0.3 is 10.3 Å². The van der Waals surface area contributed by atoms with E-state index in [4.69, 9.17) is 0 Å². The third-order valence-electron chi connectivity index (χ3n) is 5.60. The van der Waals surface area contributed by atoms with Gasteiger partial charge in [-0.25, -0.2) is 13.4 Å². The maximum atomic E-state index is 12.9. The van der Waals surface area contributed by atoms with Crippen LogP contribution in [-0.2, 0) is 16.4 Å². The second kappa shape index (κ2) is 7.80. The number of imidazole rings is 1. The molecule has 1 aromatic heterocycles. The van der Waals surface area contributed by atoms with E-state index in [0.717, 1.165) is 40.8 Å². The fourth-order valence-corrected chi connectivity index (χ4v) is 5.08. The van der Waals surface area contributed by atoms with Crippen LogP contribution in [-0.4, -0.2) is 37.1 Å². The number of fused-ring (bicyclic) bond motifs is 2. The fraction of sp³-hybridized carbons (Fsp3) is 0.167. The number of anilines is 2. The van der Waals surface area contributed by atoms with Crippen molar-refractivity contribution in [3.05, 3.63) is 77.9 Å². The number of benzene rings is 3. The monoisotopic (exact) mass is 446 g/mol. The molecule has 0 unspecified atom stereocenters. The number of carbonyl (C=O) groups excluding carboxylic acids is 1. The largest absolute Gasteiger partial charge is 0.338 e. The van der Waals surface area contributed by atoms with Crippen LogP contribution in [0.4, 0.5) is 11.4 Å². The lowest BCUT2D eigenvalue weighted by Crippen LogP contribution is -2.34.